The molecule has 0 aliphatic heterocycles. The molecule has 2 aromatic rings. The molecule has 0 aromatic heterocycles. The number of hydrogen-bond acceptors (Lipinski definition) is 6. The molecule has 0 spiro atoms. The van der Waals surface area contributed by atoms with Gasteiger partial charge in [-0.05, 0) is 43.7 Å². The zero-order chi connectivity index (χ0) is 26.0. The predicted molar refractivity (Wildman–Crippen MR) is 146 cm³/mol. The van der Waals surface area contributed by atoms with Crippen LogP contribution in [-0.4, -0.2) is 23.4 Å². The second kappa shape index (κ2) is 13.3. The van der Waals surface area contributed by atoms with Crippen molar-refractivity contribution < 1.29 is 19.3 Å². The molecule has 0 amide bonds. The molecule has 0 bridgehead atoms. The average Bonchev–Trinajstić information content (AvgIpc) is 2.97. The molecule has 0 heterocycles. The smallest absolute Gasteiger partial charge is 0.318 e. The quantitative estimate of drug-likeness (QED) is 0.215. The van der Waals surface area contributed by atoms with Gasteiger partial charge in [-0.3, -0.25) is 0 Å². The van der Waals surface area contributed by atoms with Gasteiger partial charge in [0.1, 0.15) is 0 Å². The maximum atomic E-state index is 12.7. The molecule has 1 unspecified atom stereocenters. The number of nitrogens with zero attached hydrogens (tertiary/aromatic N) is 2. The van der Waals surface area contributed by atoms with Crippen molar-refractivity contribution in [2.75, 3.05) is 0 Å². The lowest BCUT2D eigenvalue weighted by atomic mass is 9.89. The van der Waals surface area contributed by atoms with Crippen LogP contribution in [0.15, 0.2) is 64.9 Å². The van der Waals surface area contributed by atoms with Gasteiger partial charge in [-0.25, -0.2) is 9.59 Å². The van der Waals surface area contributed by atoms with Crippen LogP contribution in [0.4, 0.5) is 0 Å². The molecular weight excluding hydrogens is 464 g/mol. The Kier molecular flexibility index (Phi) is 9.64. The van der Waals surface area contributed by atoms with Gasteiger partial charge in [0.2, 0.25) is 0 Å². The van der Waals surface area contributed by atoms with Crippen LogP contribution in [0.2, 0.25) is 0 Å². The minimum absolute atomic E-state index is 0.0734. The van der Waals surface area contributed by atoms with Crippen LogP contribution in [0.5, 0.6) is 0 Å². The molecule has 2 aromatic carbocycles. The van der Waals surface area contributed by atoms with Gasteiger partial charge < -0.3 is 9.68 Å². The number of hydrogen-bond donors (Lipinski definition) is 0. The summed E-state index contributed by atoms with van der Waals surface area (Å²) in [7, 11) is 0. The van der Waals surface area contributed by atoms with E-state index in [2.05, 4.69) is 22.4 Å². The van der Waals surface area contributed by atoms with Crippen LogP contribution >= 0.6 is 0 Å². The number of oxime groups is 2. The summed E-state index contributed by atoms with van der Waals surface area (Å²) in [5.74, 6) is -1.03. The summed E-state index contributed by atoms with van der Waals surface area (Å²) in [5, 5.41) is 8.53. The van der Waals surface area contributed by atoms with E-state index < -0.39 is 0 Å². The van der Waals surface area contributed by atoms with E-state index in [0.717, 1.165) is 68.1 Å². The van der Waals surface area contributed by atoms with Gasteiger partial charge in [-0.1, -0.05) is 110 Å². The highest BCUT2D eigenvalue weighted by molar-refractivity contribution is 6.14. The molecule has 1 atom stereocenters. The molecule has 6 heteroatoms. The van der Waals surface area contributed by atoms with E-state index in [1.807, 2.05) is 56.3 Å². The van der Waals surface area contributed by atoms with Crippen LogP contribution in [0, 0.1) is 17.8 Å². The Hall–Kier alpha value is -3.28. The van der Waals surface area contributed by atoms with Crippen LogP contribution < -0.4 is 0 Å². The van der Waals surface area contributed by atoms with E-state index in [1.165, 1.54) is 12.8 Å². The molecule has 0 radical (unpaired) electrons. The van der Waals surface area contributed by atoms with Gasteiger partial charge in [0.25, 0.3) is 0 Å². The molecule has 2 aliphatic rings. The van der Waals surface area contributed by atoms with Crippen LogP contribution in [0.1, 0.15) is 83.6 Å². The Morgan fingerprint density at radius 1 is 0.703 bits per heavy atom. The third kappa shape index (κ3) is 7.37. The van der Waals surface area contributed by atoms with E-state index in [9.17, 15) is 9.59 Å². The van der Waals surface area contributed by atoms with Crippen LogP contribution in [-0.2, 0) is 19.3 Å². The number of carbonyl (C=O) groups is 2. The van der Waals surface area contributed by atoms with Gasteiger partial charge >= 0.3 is 11.9 Å². The van der Waals surface area contributed by atoms with Gasteiger partial charge in [-0.15, -0.1) is 0 Å². The third-order valence-electron chi connectivity index (χ3n) is 7.72. The van der Waals surface area contributed by atoms with E-state index in [0.29, 0.717) is 11.4 Å². The molecule has 2 saturated carbocycles. The van der Waals surface area contributed by atoms with Crippen LogP contribution in [0.3, 0.4) is 0 Å². The Labute approximate surface area is 220 Å². The standard InChI is InChI=1S/C31H38N2O4/c1-22(23(2)32-36-30(34)27-14-8-4-9-15-27)29(33-37-31(35)28-16-10-5-11-17-28)26-20-18-25(19-21-26)24-12-6-3-7-13-24/h3,6-7,12-13,18-22,27-28H,4-5,8-11,14-17H2,1-2H3/b32-23+,33-29-. The number of carbonyl (C=O) groups excluding carboxylic acids is 2. The predicted octanol–water partition coefficient (Wildman–Crippen LogP) is 7.32. The topological polar surface area (TPSA) is 77.3 Å². The minimum atomic E-state index is -0.319. The Morgan fingerprint density at radius 2 is 1.19 bits per heavy atom. The summed E-state index contributed by atoms with van der Waals surface area (Å²) in [6, 6.07) is 18.2. The molecule has 4 rings (SSSR count). The van der Waals surface area contributed by atoms with E-state index in [-0.39, 0.29) is 29.7 Å². The first-order valence-electron chi connectivity index (χ1n) is 13.7. The van der Waals surface area contributed by atoms with E-state index >= 15 is 0 Å². The maximum absolute atomic E-state index is 12.7. The van der Waals surface area contributed by atoms with Crippen molar-refractivity contribution >= 4 is 23.4 Å². The molecule has 37 heavy (non-hydrogen) atoms. The third-order valence-corrected chi connectivity index (χ3v) is 7.72. The lowest BCUT2D eigenvalue weighted by Crippen LogP contribution is -2.24. The Bertz CT molecular complexity index is 1100. The maximum Gasteiger partial charge on any atom is 0.338 e. The normalized spacial score (nSPS) is 18.8. The summed E-state index contributed by atoms with van der Waals surface area (Å²) < 4.78 is 0. The molecule has 6 nitrogen and oxygen atoms in total. The fourth-order valence-electron chi connectivity index (χ4n) is 5.16. The number of rotatable bonds is 8. The van der Waals surface area contributed by atoms with Crippen molar-refractivity contribution in [2.24, 2.45) is 28.1 Å². The lowest BCUT2D eigenvalue weighted by Gasteiger charge is -2.20. The van der Waals surface area contributed by atoms with E-state index in [1.54, 1.807) is 0 Å². The fourth-order valence-corrected chi connectivity index (χ4v) is 5.16. The molecule has 196 valence electrons. The Balaban J connectivity index is 1.53. The highest BCUT2D eigenvalue weighted by Gasteiger charge is 2.26. The average molecular weight is 503 g/mol. The van der Waals surface area contributed by atoms with Gasteiger partial charge in [0, 0.05) is 11.5 Å². The highest BCUT2D eigenvalue weighted by atomic mass is 16.7. The summed E-state index contributed by atoms with van der Waals surface area (Å²) in [4.78, 5) is 36.1. The molecule has 2 fully saturated rings. The van der Waals surface area contributed by atoms with Crippen molar-refractivity contribution in [3.63, 3.8) is 0 Å². The van der Waals surface area contributed by atoms with Crippen molar-refractivity contribution in [3.05, 3.63) is 60.2 Å². The second-order valence-corrected chi connectivity index (χ2v) is 10.4. The van der Waals surface area contributed by atoms with Gasteiger partial charge in [0.15, 0.2) is 0 Å². The molecule has 0 N–H and O–H groups in total. The van der Waals surface area contributed by atoms with Crippen LogP contribution in [0.25, 0.3) is 11.1 Å². The first-order chi connectivity index (χ1) is 18.0. The molecule has 0 saturated heterocycles. The lowest BCUT2D eigenvalue weighted by molar-refractivity contribution is -0.150. The summed E-state index contributed by atoms with van der Waals surface area (Å²) in [6.45, 7) is 3.75. The zero-order valence-electron chi connectivity index (χ0n) is 22.0. The number of benzene rings is 2. The first kappa shape index (κ1) is 26.8. The van der Waals surface area contributed by atoms with E-state index in [4.69, 9.17) is 9.68 Å². The molecule has 2 aliphatic carbocycles. The van der Waals surface area contributed by atoms with Crippen molar-refractivity contribution in [1.29, 1.82) is 0 Å². The first-order valence-corrected chi connectivity index (χ1v) is 13.7. The summed E-state index contributed by atoms with van der Waals surface area (Å²) in [6.07, 6.45) is 9.97. The zero-order valence-corrected chi connectivity index (χ0v) is 22.0. The van der Waals surface area contributed by atoms with Crippen molar-refractivity contribution in [1.82, 2.24) is 0 Å². The summed E-state index contributed by atoms with van der Waals surface area (Å²) in [5.41, 5.74) is 4.22. The van der Waals surface area contributed by atoms with Crippen molar-refractivity contribution in [2.45, 2.75) is 78.1 Å². The fraction of sp³-hybridized carbons (Fsp3) is 0.484. The largest absolute Gasteiger partial charge is 0.338 e. The van der Waals surface area contributed by atoms with Crippen molar-refractivity contribution in [3.8, 4) is 11.1 Å². The van der Waals surface area contributed by atoms with Gasteiger partial charge in [-0.2, -0.15) is 0 Å². The Morgan fingerprint density at radius 3 is 1.73 bits per heavy atom. The highest BCUT2D eigenvalue weighted by Crippen LogP contribution is 2.27. The van der Waals surface area contributed by atoms with Gasteiger partial charge in [0.05, 0.1) is 23.3 Å². The summed E-state index contributed by atoms with van der Waals surface area (Å²) >= 11 is 0. The minimum Gasteiger partial charge on any atom is -0.318 e. The second-order valence-electron chi connectivity index (χ2n) is 10.4. The SMILES string of the molecule is C/C(=N\OC(=O)C1CCCCC1)C(C)/C(=N/OC(=O)C1CCCCC1)c1ccc(-c2ccccc2)cc1. The molecular formula is C31H38N2O4. The monoisotopic (exact) mass is 502 g/mol.